The molecule has 0 saturated heterocycles. The summed E-state index contributed by atoms with van der Waals surface area (Å²) < 4.78 is 5.41. The minimum Gasteiger partial charge on any atom is -0.405 e. The normalized spacial score (nSPS) is 26.6. The first-order chi connectivity index (χ1) is 10.2. The molecule has 2 aromatic carbocycles. The highest BCUT2D eigenvalue weighted by molar-refractivity contribution is 6.09. The molecule has 2 aromatic rings. The zero-order valence-corrected chi connectivity index (χ0v) is 11.7. The summed E-state index contributed by atoms with van der Waals surface area (Å²) in [7, 11) is 0. The van der Waals surface area contributed by atoms with Gasteiger partial charge in [0, 0.05) is 11.5 Å². The number of rotatable bonds is 2. The van der Waals surface area contributed by atoms with E-state index in [1.807, 2.05) is 30.3 Å². The van der Waals surface area contributed by atoms with Crippen LogP contribution in [0.1, 0.15) is 29.0 Å². The third-order valence-electron chi connectivity index (χ3n) is 4.28. The number of aryl methyl sites for hydroxylation is 1. The zero-order valence-electron chi connectivity index (χ0n) is 11.7. The van der Waals surface area contributed by atoms with Crippen molar-refractivity contribution in [3.8, 4) is 0 Å². The largest absolute Gasteiger partial charge is 0.405 e. The van der Waals surface area contributed by atoms with Gasteiger partial charge in [-0.05, 0) is 31.0 Å². The Kier molecular flexibility index (Phi) is 2.52. The third kappa shape index (κ3) is 1.88. The van der Waals surface area contributed by atoms with Crippen LogP contribution < -0.4 is 0 Å². The van der Waals surface area contributed by atoms with Gasteiger partial charge in [-0.15, -0.1) is 0 Å². The van der Waals surface area contributed by atoms with Crippen molar-refractivity contribution in [1.82, 2.24) is 0 Å². The molecule has 2 unspecified atom stereocenters. The smallest absolute Gasteiger partial charge is 0.341 e. The van der Waals surface area contributed by atoms with Crippen LogP contribution in [0.5, 0.6) is 0 Å². The number of cyclic esters (lactones) is 1. The van der Waals surface area contributed by atoms with Gasteiger partial charge in [-0.2, -0.15) is 0 Å². The molecule has 0 bridgehead atoms. The van der Waals surface area contributed by atoms with Crippen LogP contribution in [0.2, 0.25) is 0 Å². The van der Waals surface area contributed by atoms with Gasteiger partial charge in [0.05, 0.1) is 0 Å². The molecule has 1 saturated carbocycles. The first kappa shape index (κ1) is 12.3. The minimum atomic E-state index is -0.680. The Labute approximate surface area is 123 Å². The lowest BCUT2D eigenvalue weighted by molar-refractivity contribution is -0.136. The van der Waals surface area contributed by atoms with Crippen LogP contribution in [-0.4, -0.2) is 17.4 Å². The summed E-state index contributed by atoms with van der Waals surface area (Å²) in [5.41, 5.74) is 2.56. The number of hydrogen-bond donors (Lipinski definition) is 0. The van der Waals surface area contributed by atoms with E-state index in [-0.39, 0.29) is 11.9 Å². The zero-order chi connectivity index (χ0) is 14.4. The summed E-state index contributed by atoms with van der Waals surface area (Å²) in [6.07, 6.45) is 0.741. The number of carbonyl (C=O) groups excluding carboxylic acids is 1. The van der Waals surface area contributed by atoms with Gasteiger partial charge in [-0.25, -0.2) is 9.79 Å². The lowest BCUT2D eigenvalue weighted by Gasteiger charge is -2.03. The Morgan fingerprint density at radius 1 is 1.10 bits per heavy atom. The summed E-state index contributed by atoms with van der Waals surface area (Å²) in [4.78, 5) is 16.9. The Hall–Kier alpha value is -2.42. The second kappa shape index (κ2) is 4.29. The number of hydrogen-bond acceptors (Lipinski definition) is 3. The van der Waals surface area contributed by atoms with Crippen LogP contribution >= 0.6 is 0 Å². The molecule has 1 spiro atoms. The van der Waals surface area contributed by atoms with Crippen LogP contribution in [0.25, 0.3) is 0 Å². The van der Waals surface area contributed by atoms with Crippen molar-refractivity contribution in [2.45, 2.75) is 24.8 Å². The van der Waals surface area contributed by atoms with Crippen LogP contribution in [0.3, 0.4) is 0 Å². The van der Waals surface area contributed by atoms with E-state index >= 15 is 0 Å². The molecule has 0 N–H and O–H groups in total. The molecule has 21 heavy (non-hydrogen) atoms. The molecule has 2 atom stereocenters. The van der Waals surface area contributed by atoms with Crippen molar-refractivity contribution in [3.63, 3.8) is 0 Å². The van der Waals surface area contributed by atoms with Crippen molar-refractivity contribution >= 4 is 11.9 Å². The fourth-order valence-corrected chi connectivity index (χ4v) is 2.92. The first-order valence-electron chi connectivity index (χ1n) is 7.13. The van der Waals surface area contributed by atoms with E-state index in [9.17, 15) is 4.79 Å². The Bertz CT molecular complexity index is 734. The number of benzene rings is 2. The molecule has 1 aliphatic heterocycles. The van der Waals surface area contributed by atoms with E-state index < -0.39 is 5.54 Å². The molecule has 1 heterocycles. The number of esters is 1. The molecule has 0 radical (unpaired) electrons. The van der Waals surface area contributed by atoms with Crippen LogP contribution in [0.15, 0.2) is 59.6 Å². The maximum atomic E-state index is 12.3. The topological polar surface area (TPSA) is 38.7 Å². The van der Waals surface area contributed by atoms with E-state index in [2.05, 4.69) is 36.2 Å². The summed E-state index contributed by atoms with van der Waals surface area (Å²) in [6, 6.07) is 17.9. The minimum absolute atomic E-state index is 0.145. The highest BCUT2D eigenvalue weighted by Gasteiger charge is 2.65. The highest BCUT2D eigenvalue weighted by Crippen LogP contribution is 2.57. The fourth-order valence-electron chi connectivity index (χ4n) is 2.92. The lowest BCUT2D eigenvalue weighted by atomic mass is 10.1. The summed E-state index contributed by atoms with van der Waals surface area (Å²) >= 11 is 0. The molecule has 1 fully saturated rings. The quantitative estimate of drug-likeness (QED) is 0.790. The van der Waals surface area contributed by atoms with Gasteiger partial charge in [0.2, 0.25) is 5.90 Å². The van der Waals surface area contributed by atoms with Crippen molar-refractivity contribution in [1.29, 1.82) is 0 Å². The van der Waals surface area contributed by atoms with Gasteiger partial charge in [-0.1, -0.05) is 48.0 Å². The predicted octanol–water partition coefficient (Wildman–Crippen LogP) is 3.22. The summed E-state index contributed by atoms with van der Waals surface area (Å²) in [5, 5.41) is 0. The number of aliphatic imine (C=N–C) groups is 1. The van der Waals surface area contributed by atoms with Crippen LogP contribution in [-0.2, 0) is 9.53 Å². The predicted molar refractivity (Wildman–Crippen MR) is 80.3 cm³/mol. The molecule has 3 heteroatoms. The Morgan fingerprint density at radius 3 is 2.52 bits per heavy atom. The second-order valence-corrected chi connectivity index (χ2v) is 5.76. The maximum Gasteiger partial charge on any atom is 0.341 e. The van der Waals surface area contributed by atoms with Crippen LogP contribution in [0.4, 0.5) is 0 Å². The third-order valence-corrected chi connectivity index (χ3v) is 4.28. The van der Waals surface area contributed by atoms with Gasteiger partial charge < -0.3 is 4.74 Å². The van der Waals surface area contributed by atoms with Crippen molar-refractivity contribution in [2.75, 3.05) is 0 Å². The van der Waals surface area contributed by atoms with Gasteiger partial charge in [0.15, 0.2) is 5.54 Å². The summed E-state index contributed by atoms with van der Waals surface area (Å²) in [5.74, 6) is 0.383. The van der Waals surface area contributed by atoms with E-state index in [0.29, 0.717) is 5.90 Å². The standard InChI is InChI=1S/C18H15NO2/c1-12-7-9-13(10-8-12)15-11-18(15)17(20)21-16(19-18)14-5-3-2-4-6-14/h2-10,15H,11H2,1H3. The molecular formula is C18H15NO2. The van der Waals surface area contributed by atoms with E-state index in [1.165, 1.54) is 5.56 Å². The van der Waals surface area contributed by atoms with Crippen molar-refractivity contribution < 1.29 is 9.53 Å². The van der Waals surface area contributed by atoms with Gasteiger partial charge in [0.1, 0.15) is 0 Å². The van der Waals surface area contributed by atoms with Gasteiger partial charge in [0.25, 0.3) is 0 Å². The molecule has 0 aromatic heterocycles. The average molecular weight is 277 g/mol. The lowest BCUT2D eigenvalue weighted by Crippen LogP contribution is -2.18. The van der Waals surface area contributed by atoms with Gasteiger partial charge >= 0.3 is 5.97 Å². The van der Waals surface area contributed by atoms with Crippen LogP contribution in [0, 0.1) is 6.92 Å². The van der Waals surface area contributed by atoms with E-state index in [0.717, 1.165) is 17.5 Å². The molecule has 104 valence electrons. The molecule has 0 amide bonds. The van der Waals surface area contributed by atoms with Gasteiger partial charge in [-0.3, -0.25) is 0 Å². The molecular weight excluding hydrogens is 262 g/mol. The number of carbonyl (C=O) groups is 1. The Morgan fingerprint density at radius 2 is 1.81 bits per heavy atom. The molecule has 3 nitrogen and oxygen atoms in total. The van der Waals surface area contributed by atoms with Crippen molar-refractivity contribution in [3.05, 3.63) is 71.3 Å². The SMILES string of the molecule is Cc1ccc(C2CC23N=C(c2ccccc2)OC3=O)cc1. The van der Waals surface area contributed by atoms with E-state index in [1.54, 1.807) is 0 Å². The van der Waals surface area contributed by atoms with Crippen molar-refractivity contribution in [2.24, 2.45) is 4.99 Å². The Balaban J connectivity index is 1.66. The maximum absolute atomic E-state index is 12.3. The highest BCUT2D eigenvalue weighted by atomic mass is 16.6. The molecule has 4 rings (SSSR count). The van der Waals surface area contributed by atoms with E-state index in [4.69, 9.17) is 4.74 Å². The summed E-state index contributed by atoms with van der Waals surface area (Å²) in [6.45, 7) is 2.06. The molecule has 1 aliphatic carbocycles. The average Bonchev–Trinajstić information content (AvgIpc) is 3.14. The number of ether oxygens (including phenoxy) is 1. The fraction of sp³-hybridized carbons (Fsp3) is 0.222. The monoisotopic (exact) mass is 277 g/mol. The number of nitrogens with zero attached hydrogens (tertiary/aromatic N) is 1. The second-order valence-electron chi connectivity index (χ2n) is 5.76. The first-order valence-corrected chi connectivity index (χ1v) is 7.13. The molecule has 2 aliphatic rings.